The summed E-state index contributed by atoms with van der Waals surface area (Å²) in [6.07, 6.45) is 0. The van der Waals surface area contributed by atoms with Crippen LogP contribution in [0.1, 0.15) is 5.56 Å². The van der Waals surface area contributed by atoms with Crippen LogP contribution in [0.25, 0.3) is 0 Å². The van der Waals surface area contributed by atoms with Gasteiger partial charge in [0.2, 0.25) is 0 Å². The smallest absolute Gasteiger partial charge is 0.317 e. The maximum absolute atomic E-state index is 10.8. The van der Waals surface area contributed by atoms with Crippen molar-refractivity contribution in [2.24, 2.45) is 0 Å². The van der Waals surface area contributed by atoms with Gasteiger partial charge in [0.1, 0.15) is 5.75 Å². The summed E-state index contributed by atoms with van der Waals surface area (Å²) in [7, 11) is 0. The molecule has 0 radical (unpaired) electrons. The molecule has 110 valence electrons. The number of phenolic OH excluding ortho intramolecular Hbond substituents is 1. The molecule has 0 saturated carbocycles. The zero-order valence-corrected chi connectivity index (χ0v) is 11.0. The SMILES string of the molecule is O=C(O)CNCCN(CC(=O)O)Cc1ccccc1O. The molecule has 0 atom stereocenters. The third kappa shape index (κ3) is 6.17. The van der Waals surface area contributed by atoms with Gasteiger partial charge in [-0.1, -0.05) is 18.2 Å². The lowest BCUT2D eigenvalue weighted by atomic mass is 10.2. The number of hydrogen-bond acceptors (Lipinski definition) is 5. The van der Waals surface area contributed by atoms with E-state index in [0.717, 1.165) is 0 Å². The van der Waals surface area contributed by atoms with Crippen LogP contribution in [-0.2, 0) is 16.1 Å². The Balaban J connectivity index is 2.53. The van der Waals surface area contributed by atoms with Crippen LogP contribution in [-0.4, -0.2) is 58.3 Å². The Kier molecular flexibility index (Phi) is 6.48. The summed E-state index contributed by atoms with van der Waals surface area (Å²) in [6, 6.07) is 6.71. The molecule has 0 heterocycles. The summed E-state index contributed by atoms with van der Waals surface area (Å²) in [4.78, 5) is 22.8. The normalized spacial score (nSPS) is 10.7. The minimum Gasteiger partial charge on any atom is -0.508 e. The number of benzene rings is 1. The van der Waals surface area contributed by atoms with Crippen molar-refractivity contribution >= 4 is 11.9 Å². The highest BCUT2D eigenvalue weighted by Gasteiger charge is 2.12. The fraction of sp³-hybridized carbons (Fsp3) is 0.385. The van der Waals surface area contributed by atoms with E-state index in [-0.39, 0.29) is 25.4 Å². The number of carbonyl (C=O) groups is 2. The Morgan fingerprint density at radius 3 is 2.45 bits per heavy atom. The molecular formula is C13H18N2O5. The molecule has 0 bridgehead atoms. The number of carboxylic acids is 2. The van der Waals surface area contributed by atoms with Gasteiger partial charge >= 0.3 is 11.9 Å². The first-order valence-corrected chi connectivity index (χ1v) is 6.12. The Bertz CT molecular complexity index is 464. The van der Waals surface area contributed by atoms with Gasteiger partial charge in [-0.2, -0.15) is 0 Å². The average Bonchev–Trinajstić information content (AvgIpc) is 2.36. The van der Waals surface area contributed by atoms with Crippen LogP contribution in [0.4, 0.5) is 0 Å². The molecule has 0 amide bonds. The molecule has 0 aliphatic rings. The number of nitrogens with zero attached hydrogens (tertiary/aromatic N) is 1. The number of hydrogen-bond donors (Lipinski definition) is 4. The summed E-state index contributed by atoms with van der Waals surface area (Å²) in [5.41, 5.74) is 0.631. The molecule has 20 heavy (non-hydrogen) atoms. The van der Waals surface area contributed by atoms with Gasteiger partial charge in [-0.15, -0.1) is 0 Å². The Morgan fingerprint density at radius 1 is 1.15 bits per heavy atom. The van der Waals surface area contributed by atoms with Crippen LogP contribution in [0.15, 0.2) is 24.3 Å². The topological polar surface area (TPSA) is 110 Å². The van der Waals surface area contributed by atoms with Crippen LogP contribution >= 0.6 is 0 Å². The molecule has 4 N–H and O–H groups in total. The molecule has 0 fully saturated rings. The van der Waals surface area contributed by atoms with E-state index in [2.05, 4.69) is 5.32 Å². The molecule has 0 unspecified atom stereocenters. The molecule has 0 aromatic heterocycles. The van der Waals surface area contributed by atoms with Crippen LogP contribution in [0.3, 0.4) is 0 Å². The van der Waals surface area contributed by atoms with Crippen molar-refractivity contribution in [2.45, 2.75) is 6.54 Å². The van der Waals surface area contributed by atoms with Gasteiger partial charge in [-0.05, 0) is 6.07 Å². The minimum atomic E-state index is -0.973. The van der Waals surface area contributed by atoms with Crippen LogP contribution in [0.2, 0.25) is 0 Å². The number of nitrogens with one attached hydrogen (secondary N) is 1. The third-order valence-corrected chi connectivity index (χ3v) is 2.63. The molecule has 1 aromatic carbocycles. The summed E-state index contributed by atoms with van der Waals surface area (Å²) < 4.78 is 0. The molecule has 0 spiro atoms. The van der Waals surface area contributed by atoms with Gasteiger partial charge in [0.05, 0.1) is 13.1 Å². The number of carboxylic acid groups (broad SMARTS) is 2. The van der Waals surface area contributed by atoms with E-state index in [1.165, 1.54) is 6.07 Å². The van der Waals surface area contributed by atoms with Crippen molar-refractivity contribution in [1.82, 2.24) is 10.2 Å². The first-order chi connectivity index (χ1) is 9.49. The van der Waals surface area contributed by atoms with E-state index in [0.29, 0.717) is 18.7 Å². The Morgan fingerprint density at radius 2 is 1.85 bits per heavy atom. The van der Waals surface area contributed by atoms with Crippen molar-refractivity contribution in [3.8, 4) is 5.75 Å². The predicted octanol–water partition coefficient (Wildman–Crippen LogP) is -0.0470. The lowest BCUT2D eigenvalue weighted by Crippen LogP contribution is -2.36. The lowest BCUT2D eigenvalue weighted by molar-refractivity contribution is -0.139. The Labute approximate surface area is 116 Å². The summed E-state index contributed by atoms with van der Waals surface area (Å²) in [5.74, 6) is -1.82. The second kappa shape index (κ2) is 8.13. The molecule has 7 nitrogen and oxygen atoms in total. The molecule has 0 aliphatic carbocycles. The molecular weight excluding hydrogens is 264 g/mol. The van der Waals surface area contributed by atoms with E-state index in [1.807, 2.05) is 0 Å². The van der Waals surface area contributed by atoms with Crippen molar-refractivity contribution in [1.29, 1.82) is 0 Å². The molecule has 0 aliphatic heterocycles. The second-order valence-corrected chi connectivity index (χ2v) is 4.30. The third-order valence-electron chi connectivity index (χ3n) is 2.63. The quantitative estimate of drug-likeness (QED) is 0.470. The first-order valence-electron chi connectivity index (χ1n) is 6.12. The van der Waals surface area contributed by atoms with E-state index in [1.54, 1.807) is 23.1 Å². The maximum atomic E-state index is 10.8. The zero-order chi connectivity index (χ0) is 15.0. The highest BCUT2D eigenvalue weighted by molar-refractivity contribution is 5.69. The largest absolute Gasteiger partial charge is 0.508 e. The number of aromatic hydroxyl groups is 1. The second-order valence-electron chi connectivity index (χ2n) is 4.30. The first kappa shape index (κ1) is 15.9. The summed E-state index contributed by atoms with van der Waals surface area (Å²) in [5, 5.41) is 29.7. The van der Waals surface area contributed by atoms with E-state index in [4.69, 9.17) is 10.2 Å². The monoisotopic (exact) mass is 282 g/mol. The fourth-order valence-corrected chi connectivity index (χ4v) is 1.72. The Hall–Kier alpha value is -2.12. The van der Waals surface area contributed by atoms with Crippen molar-refractivity contribution < 1.29 is 24.9 Å². The molecule has 7 heteroatoms. The highest BCUT2D eigenvalue weighted by atomic mass is 16.4. The molecule has 1 aromatic rings. The molecule has 0 saturated heterocycles. The maximum Gasteiger partial charge on any atom is 0.317 e. The van der Waals surface area contributed by atoms with E-state index >= 15 is 0 Å². The zero-order valence-electron chi connectivity index (χ0n) is 11.0. The van der Waals surface area contributed by atoms with Gasteiger partial charge in [-0.25, -0.2) is 0 Å². The number of rotatable bonds is 9. The van der Waals surface area contributed by atoms with Gasteiger partial charge < -0.3 is 20.6 Å². The molecule has 1 rings (SSSR count). The predicted molar refractivity (Wildman–Crippen MR) is 71.5 cm³/mol. The number of aliphatic carboxylic acids is 2. The van der Waals surface area contributed by atoms with Crippen LogP contribution in [0, 0.1) is 0 Å². The summed E-state index contributed by atoms with van der Waals surface area (Å²) >= 11 is 0. The van der Waals surface area contributed by atoms with Gasteiger partial charge in [0, 0.05) is 25.2 Å². The van der Waals surface area contributed by atoms with E-state index in [9.17, 15) is 14.7 Å². The number of phenols is 1. The number of para-hydroxylation sites is 1. The standard InChI is InChI=1S/C13H18N2O5/c16-11-4-2-1-3-10(11)8-15(9-13(19)20)6-5-14-7-12(17)18/h1-4,14,16H,5-9H2,(H,17,18)(H,19,20). The van der Waals surface area contributed by atoms with Gasteiger partial charge in [-0.3, -0.25) is 14.5 Å². The van der Waals surface area contributed by atoms with Gasteiger partial charge in [0.25, 0.3) is 0 Å². The van der Waals surface area contributed by atoms with Crippen molar-refractivity contribution in [3.05, 3.63) is 29.8 Å². The lowest BCUT2D eigenvalue weighted by Gasteiger charge is -2.20. The van der Waals surface area contributed by atoms with Gasteiger partial charge in [0.15, 0.2) is 0 Å². The van der Waals surface area contributed by atoms with E-state index < -0.39 is 11.9 Å². The van der Waals surface area contributed by atoms with Crippen molar-refractivity contribution in [2.75, 3.05) is 26.2 Å². The minimum absolute atomic E-state index is 0.112. The van der Waals surface area contributed by atoms with Crippen molar-refractivity contribution in [3.63, 3.8) is 0 Å². The van der Waals surface area contributed by atoms with Crippen LogP contribution in [0.5, 0.6) is 5.75 Å². The summed E-state index contributed by atoms with van der Waals surface area (Å²) in [6.45, 7) is 0.662. The highest BCUT2D eigenvalue weighted by Crippen LogP contribution is 2.17. The fourth-order valence-electron chi connectivity index (χ4n) is 1.72. The van der Waals surface area contributed by atoms with Crippen LogP contribution < -0.4 is 5.32 Å². The average molecular weight is 282 g/mol.